The van der Waals surface area contributed by atoms with Crippen LogP contribution in [0.25, 0.3) is 0 Å². The van der Waals surface area contributed by atoms with E-state index in [-0.39, 0.29) is 11.4 Å². The van der Waals surface area contributed by atoms with Crippen molar-refractivity contribution in [1.29, 1.82) is 0 Å². The summed E-state index contributed by atoms with van der Waals surface area (Å²) in [5.41, 5.74) is 2.28. The summed E-state index contributed by atoms with van der Waals surface area (Å²) in [6.07, 6.45) is 0. The third-order valence-corrected chi connectivity index (χ3v) is 4.00. The molecule has 2 aromatic rings. The maximum absolute atomic E-state index is 12.1. The molecule has 0 unspecified atom stereocenters. The molecule has 0 fully saturated rings. The first-order valence-corrected chi connectivity index (χ1v) is 7.31. The second-order valence-electron chi connectivity index (χ2n) is 4.31. The van der Waals surface area contributed by atoms with Crippen LogP contribution in [0.15, 0.2) is 41.3 Å². The molecule has 100 valence electrons. The van der Waals surface area contributed by atoms with Crippen LogP contribution in [-0.2, 0) is 16.6 Å². The molecule has 1 aromatic heterocycles. The minimum absolute atomic E-state index is 0.129. The highest BCUT2D eigenvalue weighted by atomic mass is 32.2. The van der Waals surface area contributed by atoms with Crippen molar-refractivity contribution in [1.82, 2.24) is 14.9 Å². The summed E-state index contributed by atoms with van der Waals surface area (Å²) in [4.78, 5) is 0.257. The van der Waals surface area contributed by atoms with Crippen LogP contribution >= 0.6 is 0 Å². The second-order valence-corrected chi connectivity index (χ2v) is 6.07. The van der Waals surface area contributed by atoms with E-state index in [9.17, 15) is 8.42 Å². The molecule has 0 aliphatic carbocycles. The predicted octanol–water partition coefficient (Wildman–Crippen LogP) is 1.57. The lowest BCUT2D eigenvalue weighted by Crippen LogP contribution is -2.24. The second kappa shape index (κ2) is 5.46. The normalized spacial score (nSPS) is 11.5. The molecule has 0 saturated carbocycles. The molecule has 0 bridgehead atoms. The lowest BCUT2D eigenvalue weighted by atomic mass is 10.2. The van der Waals surface area contributed by atoms with E-state index in [0.29, 0.717) is 5.69 Å². The van der Waals surface area contributed by atoms with Crippen LogP contribution < -0.4 is 4.72 Å². The number of aromatic nitrogens is 2. The number of hydrogen-bond donors (Lipinski definition) is 1. The van der Waals surface area contributed by atoms with E-state index >= 15 is 0 Å². The standard InChI is InChI=1S/C13H15N3O2S/c1-10-4-3-5-13(8-10)19(17,18)14-9-12-7-6-11(2)15-16-12/h3-8,14H,9H2,1-2H3. The Hall–Kier alpha value is -1.79. The van der Waals surface area contributed by atoms with E-state index in [1.54, 1.807) is 30.3 Å². The van der Waals surface area contributed by atoms with E-state index in [1.165, 1.54) is 0 Å². The third kappa shape index (κ3) is 3.59. The van der Waals surface area contributed by atoms with Gasteiger partial charge in [-0.1, -0.05) is 12.1 Å². The summed E-state index contributed by atoms with van der Waals surface area (Å²) in [6.45, 7) is 3.81. The Kier molecular flexibility index (Phi) is 3.92. The van der Waals surface area contributed by atoms with Gasteiger partial charge in [0.25, 0.3) is 0 Å². The van der Waals surface area contributed by atoms with Crippen LogP contribution in [0.1, 0.15) is 17.0 Å². The number of hydrogen-bond acceptors (Lipinski definition) is 4. The fourth-order valence-corrected chi connectivity index (χ4v) is 2.66. The van der Waals surface area contributed by atoms with Crippen molar-refractivity contribution in [2.24, 2.45) is 0 Å². The van der Waals surface area contributed by atoms with Crippen molar-refractivity contribution in [2.45, 2.75) is 25.3 Å². The maximum atomic E-state index is 12.1. The van der Waals surface area contributed by atoms with Gasteiger partial charge in [-0.25, -0.2) is 13.1 Å². The van der Waals surface area contributed by atoms with Crippen molar-refractivity contribution < 1.29 is 8.42 Å². The zero-order chi connectivity index (χ0) is 13.9. The quantitative estimate of drug-likeness (QED) is 0.920. The number of nitrogens with one attached hydrogen (secondary N) is 1. The number of aryl methyl sites for hydroxylation is 2. The van der Waals surface area contributed by atoms with E-state index in [0.717, 1.165) is 11.3 Å². The molecule has 0 saturated heterocycles. The summed E-state index contributed by atoms with van der Waals surface area (Å²) in [6, 6.07) is 10.3. The molecule has 0 aliphatic heterocycles. The fourth-order valence-electron chi connectivity index (χ4n) is 1.56. The largest absolute Gasteiger partial charge is 0.240 e. The lowest BCUT2D eigenvalue weighted by Gasteiger charge is -2.06. The van der Waals surface area contributed by atoms with E-state index < -0.39 is 10.0 Å². The van der Waals surface area contributed by atoms with Gasteiger partial charge in [0, 0.05) is 0 Å². The predicted molar refractivity (Wildman–Crippen MR) is 72.0 cm³/mol. The average molecular weight is 277 g/mol. The number of benzene rings is 1. The summed E-state index contributed by atoms with van der Waals surface area (Å²) < 4.78 is 26.6. The highest BCUT2D eigenvalue weighted by Gasteiger charge is 2.13. The third-order valence-electron chi connectivity index (χ3n) is 2.60. The van der Waals surface area contributed by atoms with Gasteiger partial charge >= 0.3 is 0 Å². The summed E-state index contributed by atoms with van der Waals surface area (Å²) in [7, 11) is -3.51. The highest BCUT2D eigenvalue weighted by molar-refractivity contribution is 7.89. The fraction of sp³-hybridized carbons (Fsp3) is 0.231. The van der Waals surface area contributed by atoms with Crippen molar-refractivity contribution in [3.8, 4) is 0 Å². The van der Waals surface area contributed by atoms with Gasteiger partial charge in [0.1, 0.15) is 0 Å². The Balaban J connectivity index is 2.12. The molecule has 19 heavy (non-hydrogen) atoms. The Morgan fingerprint density at radius 2 is 1.89 bits per heavy atom. The first kappa shape index (κ1) is 13.6. The smallest absolute Gasteiger partial charge is 0.207 e. The van der Waals surface area contributed by atoms with E-state index in [4.69, 9.17) is 0 Å². The molecular weight excluding hydrogens is 262 g/mol. The monoisotopic (exact) mass is 277 g/mol. The van der Waals surface area contributed by atoms with Gasteiger partial charge in [-0.15, -0.1) is 0 Å². The van der Waals surface area contributed by atoms with Gasteiger partial charge in [0.2, 0.25) is 10.0 Å². The molecule has 0 amide bonds. The lowest BCUT2D eigenvalue weighted by molar-refractivity contribution is 0.580. The maximum Gasteiger partial charge on any atom is 0.240 e. The summed E-state index contributed by atoms with van der Waals surface area (Å²) in [5, 5.41) is 7.80. The minimum atomic E-state index is -3.51. The van der Waals surface area contributed by atoms with Crippen molar-refractivity contribution >= 4 is 10.0 Å². The molecule has 1 aromatic carbocycles. The Bertz CT molecular complexity index is 667. The van der Waals surface area contributed by atoms with Crippen LogP contribution in [0.3, 0.4) is 0 Å². The molecule has 6 heteroatoms. The zero-order valence-electron chi connectivity index (χ0n) is 10.8. The van der Waals surface area contributed by atoms with Gasteiger partial charge < -0.3 is 0 Å². The Labute approximate surface area is 112 Å². The van der Waals surface area contributed by atoms with Gasteiger partial charge in [0.05, 0.1) is 22.8 Å². The molecule has 5 nitrogen and oxygen atoms in total. The molecule has 0 radical (unpaired) electrons. The molecule has 0 atom stereocenters. The van der Waals surface area contributed by atoms with Crippen LogP contribution in [0.4, 0.5) is 0 Å². The molecule has 0 aliphatic rings. The van der Waals surface area contributed by atoms with Crippen LogP contribution in [0, 0.1) is 13.8 Å². The Morgan fingerprint density at radius 1 is 1.11 bits per heavy atom. The molecule has 0 spiro atoms. The number of nitrogens with zero attached hydrogens (tertiary/aromatic N) is 2. The van der Waals surface area contributed by atoms with Crippen LogP contribution in [0.5, 0.6) is 0 Å². The molecular formula is C13H15N3O2S. The van der Waals surface area contributed by atoms with E-state index in [2.05, 4.69) is 14.9 Å². The minimum Gasteiger partial charge on any atom is -0.207 e. The van der Waals surface area contributed by atoms with Crippen molar-refractivity contribution in [3.63, 3.8) is 0 Å². The molecule has 2 rings (SSSR count). The van der Waals surface area contributed by atoms with Crippen LogP contribution in [-0.4, -0.2) is 18.6 Å². The van der Waals surface area contributed by atoms with E-state index in [1.807, 2.05) is 19.9 Å². The zero-order valence-corrected chi connectivity index (χ0v) is 11.6. The molecule has 1 N–H and O–H groups in total. The first-order valence-electron chi connectivity index (χ1n) is 5.83. The van der Waals surface area contributed by atoms with Crippen LogP contribution in [0.2, 0.25) is 0 Å². The van der Waals surface area contributed by atoms with Gasteiger partial charge in [-0.05, 0) is 43.7 Å². The Morgan fingerprint density at radius 3 is 2.53 bits per heavy atom. The van der Waals surface area contributed by atoms with Crippen molar-refractivity contribution in [3.05, 3.63) is 53.3 Å². The number of sulfonamides is 1. The molecule has 1 heterocycles. The van der Waals surface area contributed by atoms with Crippen molar-refractivity contribution in [2.75, 3.05) is 0 Å². The summed E-state index contributed by atoms with van der Waals surface area (Å²) >= 11 is 0. The number of rotatable bonds is 4. The highest BCUT2D eigenvalue weighted by Crippen LogP contribution is 2.11. The van der Waals surface area contributed by atoms with Gasteiger partial charge in [-0.3, -0.25) is 0 Å². The average Bonchev–Trinajstić information content (AvgIpc) is 2.38. The summed E-state index contributed by atoms with van der Waals surface area (Å²) in [5.74, 6) is 0. The van der Waals surface area contributed by atoms with Gasteiger partial charge in [0.15, 0.2) is 0 Å². The van der Waals surface area contributed by atoms with Gasteiger partial charge in [-0.2, -0.15) is 10.2 Å². The topological polar surface area (TPSA) is 72.0 Å². The SMILES string of the molecule is Cc1cccc(S(=O)(=O)NCc2ccc(C)nn2)c1. The first-order chi connectivity index (χ1) is 8.97.